The number of hydrogen-bond acceptors (Lipinski definition) is 13. The molecular formula is C79H150F2N8O6S. The second-order valence-corrected chi connectivity index (χ2v) is 24.4. The first kappa shape index (κ1) is 107. The van der Waals surface area contributed by atoms with E-state index in [2.05, 4.69) is 98.7 Å². The summed E-state index contributed by atoms with van der Waals surface area (Å²) < 4.78 is 33.3. The Morgan fingerprint density at radius 1 is 0.875 bits per heavy atom. The molecule has 562 valence electrons. The molecule has 1 fully saturated rings. The zero-order valence-electron chi connectivity index (χ0n) is 66.0. The zero-order chi connectivity index (χ0) is 76.2. The number of unbranched alkanes of at least 4 members (excludes halogenated alkanes) is 8. The molecule has 3 aliphatic rings. The number of aliphatic hydroxyl groups excluding tert-OH is 1. The summed E-state index contributed by atoms with van der Waals surface area (Å²) >= 11 is 1.66. The van der Waals surface area contributed by atoms with Gasteiger partial charge in [0.2, 0.25) is 5.91 Å². The van der Waals surface area contributed by atoms with Crippen LogP contribution in [0, 0.1) is 22.7 Å². The Labute approximate surface area is 594 Å². The highest BCUT2D eigenvalue weighted by atomic mass is 32.2. The highest BCUT2D eigenvalue weighted by Crippen LogP contribution is 2.41. The van der Waals surface area contributed by atoms with Gasteiger partial charge < -0.3 is 52.3 Å². The maximum Gasteiger partial charge on any atom is 0.264 e. The number of halogens is 2. The van der Waals surface area contributed by atoms with E-state index in [-0.39, 0.29) is 28.9 Å². The van der Waals surface area contributed by atoms with Crippen LogP contribution in [-0.4, -0.2) is 122 Å². The molecule has 3 heterocycles. The Balaban J connectivity index is -0.000000174. The number of aliphatic hydroxyl groups is 1. The maximum atomic E-state index is 13.8. The number of thioether (sulfide) groups is 1. The fourth-order valence-electron chi connectivity index (χ4n) is 9.35. The van der Waals surface area contributed by atoms with Gasteiger partial charge in [-0.1, -0.05) is 205 Å². The second-order valence-electron chi connectivity index (χ2n) is 23.6. The monoisotopic (exact) mass is 1380 g/mol. The third-order valence-electron chi connectivity index (χ3n) is 15.1. The first-order valence-electron chi connectivity index (χ1n) is 36.0. The molecule has 3 aliphatic heterocycles. The second kappa shape index (κ2) is 73.9. The number of aldehydes is 1. The van der Waals surface area contributed by atoms with Gasteiger partial charge in [0, 0.05) is 67.1 Å². The third kappa shape index (κ3) is 55.6. The SMILES string of the molecule is C=C(/C=C(C)/C(SC)=C(\C)N)OCCCCCCCCCCCN.C=CC1=C(CC)C(=O)N(N2CCC(O)C2)C1.C=O.CC.CC.CC.CC=N.CC=O.CCC(C)C.CCC(C)C(C)(C)/C(C=C(C)C)=C(\C)N1C\C=C(C(F)F)/C(/C=C/N)=C\CCCC1.CCCNC(C)=O. The van der Waals surface area contributed by atoms with Gasteiger partial charge in [-0.3, -0.25) is 14.6 Å². The quantitative estimate of drug-likeness (QED) is 0.0142. The predicted molar refractivity (Wildman–Crippen MR) is 419 cm³/mol. The van der Waals surface area contributed by atoms with Crippen LogP contribution in [0.5, 0.6) is 0 Å². The Kier molecular flexibility index (Phi) is 82.1. The highest BCUT2D eigenvalue weighted by Gasteiger charge is 2.35. The van der Waals surface area contributed by atoms with Crippen molar-refractivity contribution in [1.29, 1.82) is 5.41 Å². The molecule has 1 saturated heterocycles. The summed E-state index contributed by atoms with van der Waals surface area (Å²) in [5.74, 6) is 2.25. The van der Waals surface area contributed by atoms with Crippen molar-refractivity contribution in [1.82, 2.24) is 20.2 Å². The molecule has 0 radical (unpaired) electrons. The number of carbonyl (C=O) groups is 4. The van der Waals surface area contributed by atoms with E-state index in [0.717, 1.165) is 129 Å². The molecule has 96 heavy (non-hydrogen) atoms. The first-order valence-corrected chi connectivity index (χ1v) is 37.2. The van der Waals surface area contributed by atoms with Gasteiger partial charge in [0.1, 0.15) is 18.8 Å². The standard InChI is InChI=1S/C26H42F2N2.C20H38N2OS.C12H18N2O2.C5H11NO.C5H12.C2H5N.C2H4O.3C2H6.CH2O/c1-8-20(4)26(6,7)24(18-19(2)3)21(5)30-16-11-9-10-12-22(13-15-29)23(14-17-30)25(27)28;1-17(20(24-4)19(3)22)16-18(2)23-15-13-11-9-7-5-6-8-10-12-14-21;1-3-9-7-14(12(16)11(9)4-2)13-6-5-10(15)8-13;1-3-4-6-5(2)7;1-4-5(2)3;2*1-2-3;4*1-2/h12-15,18,20,25H,8-11,16-17,29H2,1-7H3;16H,2,5-15,21-22H2,1,3-4H3;3,10,15H,1,4-8H2,2H3;3-4H2,1-2H3,(H,6,7);5H,4H2,1-3H3;2-3H,1H3;2H,1H3;3*1-2H3;1H2/b15-13+,22-12-,23-14+,24-21+;17-16+,20-19-;;;;;;;;;. The topological polar surface area (TPSA) is 221 Å². The Hall–Kier alpha value is -5.36. The minimum absolute atomic E-state index is 0.00592. The van der Waals surface area contributed by atoms with Crippen molar-refractivity contribution in [2.24, 2.45) is 34.5 Å². The number of allylic oxidation sites excluding steroid dienone is 11. The Morgan fingerprint density at radius 3 is 1.75 bits per heavy atom. The van der Waals surface area contributed by atoms with E-state index in [4.69, 9.17) is 36.9 Å². The number of nitrogens with zero attached hydrogens (tertiary/aromatic N) is 3. The molecule has 2 unspecified atom stereocenters. The molecule has 0 saturated carbocycles. The summed E-state index contributed by atoms with van der Waals surface area (Å²) in [5.41, 5.74) is 25.1. The molecule has 0 spiro atoms. The summed E-state index contributed by atoms with van der Waals surface area (Å²) in [6, 6.07) is 0. The van der Waals surface area contributed by atoms with Gasteiger partial charge in [-0.25, -0.2) is 13.8 Å². The molecular weight excluding hydrogens is 1230 g/mol. The average molecular weight is 1380 g/mol. The van der Waals surface area contributed by atoms with Crippen molar-refractivity contribution < 1.29 is 37.8 Å². The average Bonchev–Trinajstić information content (AvgIpc) is 1.49. The van der Waals surface area contributed by atoms with E-state index in [0.29, 0.717) is 31.1 Å². The minimum Gasteiger partial charge on any atom is -0.494 e. The van der Waals surface area contributed by atoms with Crippen LogP contribution in [0.15, 0.2) is 117 Å². The van der Waals surface area contributed by atoms with Crippen LogP contribution < -0.4 is 22.5 Å². The number of ether oxygens (including phenoxy) is 1. The fourth-order valence-corrected chi connectivity index (χ4v) is 10.1. The molecule has 2 atom stereocenters. The molecule has 0 aromatic heterocycles. The van der Waals surface area contributed by atoms with E-state index in [9.17, 15) is 23.5 Å². The van der Waals surface area contributed by atoms with Gasteiger partial charge in [0.15, 0.2) is 0 Å². The van der Waals surface area contributed by atoms with Gasteiger partial charge in [-0.05, 0) is 177 Å². The normalized spacial score (nSPS) is 16.2. The number of amides is 2. The van der Waals surface area contributed by atoms with Gasteiger partial charge in [-0.2, -0.15) is 0 Å². The summed E-state index contributed by atoms with van der Waals surface area (Å²) in [5, 5.41) is 21.9. The largest absolute Gasteiger partial charge is 0.494 e. The predicted octanol–water partition coefficient (Wildman–Crippen LogP) is 19.9. The first-order chi connectivity index (χ1) is 45.6. The lowest BCUT2D eigenvalue weighted by Gasteiger charge is -2.37. The third-order valence-corrected chi connectivity index (χ3v) is 16.2. The number of rotatable bonds is 28. The van der Waals surface area contributed by atoms with Crippen molar-refractivity contribution in [3.8, 4) is 0 Å². The Bertz CT molecular complexity index is 2220. The Morgan fingerprint density at radius 2 is 1.39 bits per heavy atom. The minimum atomic E-state index is -2.52. The van der Waals surface area contributed by atoms with Crippen LogP contribution in [0.1, 0.15) is 268 Å². The summed E-state index contributed by atoms with van der Waals surface area (Å²) in [6.45, 7) is 62.1. The number of hydrazine groups is 1. The van der Waals surface area contributed by atoms with Gasteiger partial charge >= 0.3 is 0 Å². The lowest BCUT2D eigenvalue weighted by atomic mass is 9.71. The van der Waals surface area contributed by atoms with E-state index >= 15 is 0 Å². The number of carbonyl (C=O) groups excluding carboxylic acids is 4. The zero-order valence-corrected chi connectivity index (χ0v) is 66.8. The van der Waals surface area contributed by atoms with Crippen molar-refractivity contribution in [3.63, 3.8) is 0 Å². The maximum absolute atomic E-state index is 13.8. The van der Waals surface area contributed by atoms with Gasteiger partial charge in [0.25, 0.3) is 12.3 Å². The smallest absolute Gasteiger partial charge is 0.264 e. The number of nitrogens with one attached hydrogen (secondary N) is 2. The summed E-state index contributed by atoms with van der Waals surface area (Å²) in [4.78, 5) is 42.4. The molecule has 2 amide bonds. The molecule has 17 heteroatoms. The molecule has 0 aliphatic carbocycles. The molecule has 0 bridgehead atoms. The molecule has 14 nitrogen and oxygen atoms in total. The molecule has 0 aromatic rings. The van der Waals surface area contributed by atoms with Gasteiger partial charge in [0.05, 0.1) is 19.3 Å². The van der Waals surface area contributed by atoms with Crippen LogP contribution >= 0.6 is 11.8 Å². The summed E-state index contributed by atoms with van der Waals surface area (Å²) in [7, 11) is 0. The van der Waals surface area contributed by atoms with Crippen LogP contribution in [-0.2, 0) is 23.9 Å². The van der Waals surface area contributed by atoms with Crippen LogP contribution in [0.4, 0.5) is 8.78 Å². The van der Waals surface area contributed by atoms with E-state index < -0.39 is 6.43 Å². The summed E-state index contributed by atoms with van der Waals surface area (Å²) in [6.07, 6.45) is 32.9. The van der Waals surface area contributed by atoms with Crippen LogP contribution in [0.3, 0.4) is 0 Å². The number of nitrogens with two attached hydrogens (primary N) is 3. The van der Waals surface area contributed by atoms with Crippen molar-refractivity contribution in [2.45, 2.75) is 281 Å². The fraction of sp³-hybridized carbons (Fsp3) is 0.684. The molecule has 9 N–H and O–H groups in total. The number of β-amino-alcohol motifs (C(OH)–C–C–N with tert-alkyl or cyclic N) is 1. The van der Waals surface area contributed by atoms with E-state index in [1.165, 1.54) is 101 Å². The molecule has 0 aromatic carbocycles. The van der Waals surface area contributed by atoms with E-state index in [1.807, 2.05) is 99.4 Å². The number of hydrogen-bond donors (Lipinski definition) is 6. The van der Waals surface area contributed by atoms with Crippen molar-refractivity contribution in [3.05, 3.63) is 117 Å². The number of alkyl halides is 2. The van der Waals surface area contributed by atoms with Crippen LogP contribution in [0.25, 0.3) is 0 Å². The lowest BCUT2D eigenvalue weighted by Crippen LogP contribution is -2.43. The highest BCUT2D eigenvalue weighted by molar-refractivity contribution is 8.02. The van der Waals surface area contributed by atoms with E-state index in [1.54, 1.807) is 41.9 Å². The molecule has 3 rings (SSSR count). The van der Waals surface area contributed by atoms with Crippen molar-refractivity contribution >= 4 is 42.9 Å². The lowest BCUT2D eigenvalue weighted by molar-refractivity contribution is -0.140. The van der Waals surface area contributed by atoms with Crippen molar-refractivity contribution in [2.75, 3.05) is 58.7 Å². The van der Waals surface area contributed by atoms with Gasteiger partial charge in [-0.15, -0.1) is 11.8 Å². The van der Waals surface area contributed by atoms with Crippen LogP contribution in [0.2, 0.25) is 0 Å².